The quantitative estimate of drug-likeness (QED) is 0.614. The first-order valence-electron chi connectivity index (χ1n) is 7.83. The molecule has 1 heterocycles. The molecule has 0 fully saturated rings. The molecule has 0 atom stereocenters. The van der Waals surface area contributed by atoms with Gasteiger partial charge in [-0.2, -0.15) is 0 Å². The number of hydrogen-bond acceptors (Lipinski definition) is 1. The van der Waals surface area contributed by atoms with Gasteiger partial charge >= 0.3 is 0 Å². The van der Waals surface area contributed by atoms with E-state index in [4.69, 9.17) is 4.74 Å². The minimum Gasteiger partial charge on any atom is -0.457 e. The summed E-state index contributed by atoms with van der Waals surface area (Å²) in [5.41, 5.74) is 3.79. The number of hydrogen-bond donors (Lipinski definition) is 0. The summed E-state index contributed by atoms with van der Waals surface area (Å²) >= 11 is 0. The zero-order chi connectivity index (χ0) is 14.9. The molecule has 0 bridgehead atoms. The Labute approximate surface area is 130 Å². The Hall–Kier alpha value is -2.54. The van der Waals surface area contributed by atoms with Crippen molar-refractivity contribution in [3.63, 3.8) is 0 Å². The number of allylic oxidation sites excluding steroid dienone is 1. The summed E-state index contributed by atoms with van der Waals surface area (Å²) < 4.78 is 6.16. The first-order chi connectivity index (χ1) is 10.8. The average molecular weight is 286 g/mol. The Kier molecular flexibility index (Phi) is 3.19. The van der Waals surface area contributed by atoms with Crippen molar-refractivity contribution in [3.05, 3.63) is 83.4 Å². The molecule has 3 aromatic carbocycles. The van der Waals surface area contributed by atoms with Crippen molar-refractivity contribution in [2.24, 2.45) is 0 Å². The van der Waals surface area contributed by atoms with E-state index < -0.39 is 0 Å². The van der Waals surface area contributed by atoms with E-state index in [-0.39, 0.29) is 0 Å². The second-order valence-electron chi connectivity index (χ2n) is 5.69. The highest BCUT2D eigenvalue weighted by Gasteiger charge is 2.16. The lowest BCUT2D eigenvalue weighted by Gasteiger charge is -2.20. The van der Waals surface area contributed by atoms with Crippen LogP contribution in [0.3, 0.4) is 0 Å². The third-order valence-electron chi connectivity index (χ3n) is 4.36. The fourth-order valence-electron chi connectivity index (χ4n) is 3.06. The molecule has 22 heavy (non-hydrogen) atoms. The molecule has 0 saturated heterocycles. The van der Waals surface area contributed by atoms with Crippen LogP contribution in [0, 0.1) is 0 Å². The van der Waals surface area contributed by atoms with Gasteiger partial charge in [-0.05, 0) is 41.3 Å². The molecule has 1 aliphatic heterocycles. The molecule has 0 saturated carbocycles. The minimum absolute atomic E-state index is 0.918. The average Bonchev–Trinajstić information content (AvgIpc) is 2.61. The van der Waals surface area contributed by atoms with Crippen LogP contribution in [0.2, 0.25) is 0 Å². The maximum absolute atomic E-state index is 6.16. The summed E-state index contributed by atoms with van der Waals surface area (Å²) in [6, 6.07) is 21.4. The SMILES string of the molecule is CCc1ccc(C2=CCc3c(ccc4ccccc34)O2)cc1. The molecule has 0 amide bonds. The van der Waals surface area contributed by atoms with Crippen molar-refractivity contribution in [3.8, 4) is 5.75 Å². The second kappa shape index (κ2) is 5.34. The topological polar surface area (TPSA) is 9.23 Å². The van der Waals surface area contributed by atoms with Crippen molar-refractivity contribution >= 4 is 16.5 Å². The Balaban J connectivity index is 1.72. The Bertz CT molecular complexity index is 857. The number of benzene rings is 3. The molecule has 4 rings (SSSR count). The van der Waals surface area contributed by atoms with E-state index in [2.05, 4.69) is 73.7 Å². The van der Waals surface area contributed by atoms with Gasteiger partial charge in [-0.15, -0.1) is 0 Å². The molecule has 0 radical (unpaired) electrons. The Morgan fingerprint density at radius 1 is 0.909 bits per heavy atom. The summed E-state index contributed by atoms with van der Waals surface area (Å²) in [6.07, 6.45) is 4.17. The molecule has 0 aromatic heterocycles. The lowest BCUT2D eigenvalue weighted by molar-refractivity contribution is 0.500. The fraction of sp³-hybridized carbons (Fsp3) is 0.143. The van der Waals surface area contributed by atoms with E-state index in [1.54, 1.807) is 0 Å². The summed E-state index contributed by atoms with van der Waals surface area (Å²) in [7, 11) is 0. The number of ether oxygens (including phenoxy) is 1. The second-order valence-corrected chi connectivity index (χ2v) is 5.69. The van der Waals surface area contributed by atoms with Crippen LogP contribution in [0.5, 0.6) is 5.75 Å². The number of aryl methyl sites for hydroxylation is 1. The largest absolute Gasteiger partial charge is 0.457 e. The summed E-state index contributed by atoms with van der Waals surface area (Å²) in [5.74, 6) is 1.95. The first-order valence-corrected chi connectivity index (χ1v) is 7.83. The van der Waals surface area contributed by atoms with Gasteiger partial charge in [-0.1, -0.05) is 61.5 Å². The monoisotopic (exact) mass is 286 g/mol. The van der Waals surface area contributed by atoms with Crippen LogP contribution in [0.1, 0.15) is 23.6 Å². The number of fused-ring (bicyclic) bond motifs is 3. The Morgan fingerprint density at radius 2 is 1.73 bits per heavy atom. The van der Waals surface area contributed by atoms with Crippen molar-refractivity contribution in [1.29, 1.82) is 0 Å². The molecular weight excluding hydrogens is 268 g/mol. The molecule has 1 aliphatic rings. The standard InChI is InChI=1S/C21H18O/c1-2-15-7-9-17(10-8-15)20-14-12-19-18-6-4-3-5-16(18)11-13-21(19)22-20/h3-11,13-14H,2,12H2,1H3. The van der Waals surface area contributed by atoms with E-state index >= 15 is 0 Å². The molecule has 108 valence electrons. The van der Waals surface area contributed by atoms with Gasteiger partial charge in [0.2, 0.25) is 0 Å². The third-order valence-corrected chi connectivity index (χ3v) is 4.36. The lowest BCUT2D eigenvalue weighted by Crippen LogP contribution is -2.04. The van der Waals surface area contributed by atoms with Gasteiger partial charge in [0.05, 0.1) is 0 Å². The predicted molar refractivity (Wildman–Crippen MR) is 92.1 cm³/mol. The third kappa shape index (κ3) is 2.19. The highest BCUT2D eigenvalue weighted by atomic mass is 16.5. The molecule has 0 aliphatic carbocycles. The lowest BCUT2D eigenvalue weighted by atomic mass is 9.98. The Morgan fingerprint density at radius 3 is 2.55 bits per heavy atom. The first kappa shape index (κ1) is 13.1. The molecular formula is C21H18O. The zero-order valence-corrected chi connectivity index (χ0v) is 12.7. The summed E-state index contributed by atoms with van der Waals surface area (Å²) in [5, 5.41) is 2.56. The van der Waals surface area contributed by atoms with Crippen molar-refractivity contribution in [1.82, 2.24) is 0 Å². The van der Waals surface area contributed by atoms with Gasteiger partial charge in [0, 0.05) is 11.1 Å². The van der Waals surface area contributed by atoms with E-state index in [0.717, 1.165) is 29.9 Å². The number of rotatable bonds is 2. The normalized spacial score (nSPS) is 13.4. The maximum Gasteiger partial charge on any atom is 0.131 e. The zero-order valence-electron chi connectivity index (χ0n) is 12.7. The van der Waals surface area contributed by atoms with Gasteiger partial charge in [0.1, 0.15) is 11.5 Å². The van der Waals surface area contributed by atoms with E-state index in [9.17, 15) is 0 Å². The maximum atomic E-state index is 6.16. The summed E-state index contributed by atoms with van der Waals surface area (Å²) in [4.78, 5) is 0. The van der Waals surface area contributed by atoms with Gasteiger partial charge < -0.3 is 4.74 Å². The van der Waals surface area contributed by atoms with Crippen LogP contribution in [-0.2, 0) is 12.8 Å². The van der Waals surface area contributed by atoms with Crippen molar-refractivity contribution in [2.45, 2.75) is 19.8 Å². The highest BCUT2D eigenvalue weighted by Crippen LogP contribution is 2.35. The van der Waals surface area contributed by atoms with Crippen LogP contribution in [-0.4, -0.2) is 0 Å². The van der Waals surface area contributed by atoms with Crippen molar-refractivity contribution in [2.75, 3.05) is 0 Å². The molecule has 0 unspecified atom stereocenters. The van der Waals surface area contributed by atoms with E-state index in [0.29, 0.717) is 0 Å². The van der Waals surface area contributed by atoms with Crippen LogP contribution in [0.15, 0.2) is 66.7 Å². The van der Waals surface area contributed by atoms with Gasteiger partial charge in [-0.3, -0.25) is 0 Å². The molecule has 0 N–H and O–H groups in total. The molecule has 1 nitrogen and oxygen atoms in total. The molecule has 0 spiro atoms. The molecule has 1 heteroatoms. The predicted octanol–water partition coefficient (Wildman–Crippen LogP) is 5.38. The van der Waals surface area contributed by atoms with Gasteiger partial charge in [0.25, 0.3) is 0 Å². The minimum atomic E-state index is 0.918. The van der Waals surface area contributed by atoms with E-state index in [1.807, 2.05) is 0 Å². The summed E-state index contributed by atoms with van der Waals surface area (Å²) in [6.45, 7) is 2.17. The smallest absolute Gasteiger partial charge is 0.131 e. The van der Waals surface area contributed by atoms with Gasteiger partial charge in [-0.25, -0.2) is 0 Å². The van der Waals surface area contributed by atoms with Crippen LogP contribution in [0.25, 0.3) is 16.5 Å². The van der Waals surface area contributed by atoms with Crippen molar-refractivity contribution < 1.29 is 4.74 Å². The van der Waals surface area contributed by atoms with Crippen LogP contribution in [0.4, 0.5) is 0 Å². The molecule has 3 aromatic rings. The van der Waals surface area contributed by atoms with Crippen LogP contribution >= 0.6 is 0 Å². The highest BCUT2D eigenvalue weighted by molar-refractivity contribution is 5.89. The van der Waals surface area contributed by atoms with Crippen LogP contribution < -0.4 is 4.74 Å². The fourth-order valence-corrected chi connectivity index (χ4v) is 3.06. The van der Waals surface area contributed by atoms with Gasteiger partial charge in [0.15, 0.2) is 0 Å². The van der Waals surface area contributed by atoms with E-state index in [1.165, 1.54) is 21.9 Å².